The molecule has 0 aromatic carbocycles. The summed E-state index contributed by atoms with van der Waals surface area (Å²) in [4.78, 5) is 22.3. The van der Waals surface area contributed by atoms with Gasteiger partial charge in [-0.3, -0.25) is 9.78 Å². The van der Waals surface area contributed by atoms with Gasteiger partial charge >= 0.3 is 0 Å². The van der Waals surface area contributed by atoms with E-state index in [1.807, 2.05) is 10.6 Å². The molecule has 8 heteroatoms. The first kappa shape index (κ1) is 13.2. The van der Waals surface area contributed by atoms with Gasteiger partial charge in [-0.1, -0.05) is 6.08 Å². The Morgan fingerprint density at radius 2 is 2.37 bits per heavy atom. The van der Waals surface area contributed by atoms with Gasteiger partial charge in [0.05, 0.1) is 12.9 Å². The topological polar surface area (TPSA) is 141 Å². The van der Waals surface area contributed by atoms with Crippen molar-refractivity contribution < 1.29 is 10.6 Å². The van der Waals surface area contributed by atoms with E-state index in [0.29, 0.717) is 11.2 Å². The molecule has 2 aromatic heterocycles. The van der Waals surface area contributed by atoms with E-state index in [-0.39, 0.29) is 29.6 Å². The summed E-state index contributed by atoms with van der Waals surface area (Å²) >= 11 is 0. The SMILES string of the molecule is Nc1nc2c(ncn2[C@H]2CC=C(CO)C2)c(=O)[nH]1.O. The normalized spacial score (nSPS) is 18.4. The first-order valence-corrected chi connectivity index (χ1v) is 5.70. The average molecular weight is 265 g/mol. The van der Waals surface area contributed by atoms with Gasteiger partial charge in [0.25, 0.3) is 5.56 Å². The van der Waals surface area contributed by atoms with Crippen molar-refractivity contribution in [2.75, 3.05) is 12.3 Å². The molecule has 19 heavy (non-hydrogen) atoms. The summed E-state index contributed by atoms with van der Waals surface area (Å²) in [6, 6.07) is 0.144. The minimum absolute atomic E-state index is 0. The second-order valence-corrected chi connectivity index (χ2v) is 4.39. The number of imidazole rings is 1. The molecule has 0 saturated carbocycles. The largest absolute Gasteiger partial charge is 0.412 e. The van der Waals surface area contributed by atoms with E-state index < -0.39 is 0 Å². The highest BCUT2D eigenvalue weighted by Crippen LogP contribution is 2.30. The first-order chi connectivity index (χ1) is 8.69. The summed E-state index contributed by atoms with van der Waals surface area (Å²) < 4.78 is 1.85. The van der Waals surface area contributed by atoms with E-state index in [4.69, 9.17) is 10.8 Å². The maximum atomic E-state index is 11.6. The zero-order valence-electron chi connectivity index (χ0n) is 10.1. The molecular formula is C11H15N5O3. The smallest absolute Gasteiger partial charge is 0.280 e. The molecule has 0 spiro atoms. The number of nitrogen functional groups attached to an aromatic ring is 1. The highest BCUT2D eigenvalue weighted by Gasteiger charge is 2.21. The highest BCUT2D eigenvalue weighted by molar-refractivity contribution is 5.70. The zero-order valence-corrected chi connectivity index (χ0v) is 10.1. The molecule has 0 saturated heterocycles. The van der Waals surface area contributed by atoms with Crippen molar-refractivity contribution in [3.05, 3.63) is 28.3 Å². The molecule has 102 valence electrons. The third-order valence-corrected chi connectivity index (χ3v) is 3.22. The van der Waals surface area contributed by atoms with Crippen molar-refractivity contribution in [3.63, 3.8) is 0 Å². The fourth-order valence-electron chi connectivity index (χ4n) is 2.32. The van der Waals surface area contributed by atoms with E-state index in [1.165, 1.54) is 0 Å². The number of H-pyrrole nitrogens is 1. The number of aliphatic hydroxyl groups excluding tert-OH is 1. The van der Waals surface area contributed by atoms with Crippen LogP contribution < -0.4 is 11.3 Å². The molecule has 0 unspecified atom stereocenters. The van der Waals surface area contributed by atoms with Crippen LogP contribution in [-0.2, 0) is 0 Å². The molecule has 1 aliphatic rings. The Morgan fingerprint density at radius 3 is 3.05 bits per heavy atom. The lowest BCUT2D eigenvalue weighted by Crippen LogP contribution is -2.13. The van der Waals surface area contributed by atoms with Crippen molar-refractivity contribution in [2.24, 2.45) is 0 Å². The van der Waals surface area contributed by atoms with Crippen LogP contribution in [0.2, 0.25) is 0 Å². The number of aliphatic hydroxyl groups is 1. The molecule has 0 amide bonds. The first-order valence-electron chi connectivity index (χ1n) is 5.70. The summed E-state index contributed by atoms with van der Waals surface area (Å²) in [5.41, 5.74) is 7.00. The fraction of sp³-hybridized carbons (Fsp3) is 0.364. The number of hydrogen-bond donors (Lipinski definition) is 3. The number of nitrogens with two attached hydrogens (primary N) is 1. The monoisotopic (exact) mass is 265 g/mol. The van der Waals surface area contributed by atoms with Crippen LogP contribution in [0.4, 0.5) is 5.95 Å². The highest BCUT2D eigenvalue weighted by atomic mass is 16.3. The van der Waals surface area contributed by atoms with Crippen molar-refractivity contribution in [1.82, 2.24) is 19.5 Å². The molecule has 1 aliphatic carbocycles. The lowest BCUT2D eigenvalue weighted by atomic mass is 10.2. The van der Waals surface area contributed by atoms with Crippen LogP contribution in [0.3, 0.4) is 0 Å². The van der Waals surface area contributed by atoms with E-state index in [0.717, 1.165) is 18.4 Å². The second kappa shape index (κ2) is 4.82. The van der Waals surface area contributed by atoms with Crippen molar-refractivity contribution in [1.29, 1.82) is 0 Å². The third kappa shape index (κ3) is 2.11. The molecule has 2 heterocycles. The van der Waals surface area contributed by atoms with Crippen LogP contribution in [0.1, 0.15) is 18.9 Å². The van der Waals surface area contributed by atoms with Crippen LogP contribution in [-0.4, -0.2) is 36.7 Å². The molecule has 1 atom stereocenters. The molecule has 0 aliphatic heterocycles. The average Bonchev–Trinajstić information content (AvgIpc) is 2.93. The summed E-state index contributed by atoms with van der Waals surface area (Å²) in [5, 5.41) is 9.10. The van der Waals surface area contributed by atoms with Gasteiger partial charge in [-0.2, -0.15) is 4.98 Å². The van der Waals surface area contributed by atoms with Gasteiger partial charge in [0.15, 0.2) is 11.2 Å². The number of aromatic amines is 1. The number of nitrogens with zero attached hydrogens (tertiary/aromatic N) is 3. The number of fused-ring (bicyclic) bond motifs is 1. The number of anilines is 1. The minimum atomic E-state index is -0.329. The zero-order chi connectivity index (χ0) is 12.7. The molecule has 2 aromatic rings. The summed E-state index contributed by atoms with van der Waals surface area (Å²) in [6.45, 7) is 0.0687. The van der Waals surface area contributed by atoms with E-state index >= 15 is 0 Å². The van der Waals surface area contributed by atoms with Crippen LogP contribution in [0.25, 0.3) is 11.2 Å². The quantitative estimate of drug-likeness (QED) is 0.605. The Hall–Kier alpha value is -2.19. The van der Waals surface area contributed by atoms with E-state index in [1.54, 1.807) is 6.33 Å². The molecule has 0 fully saturated rings. The standard InChI is InChI=1S/C11H13N5O2.H2O/c12-11-14-9-8(10(18)15-11)13-5-16(9)7-2-1-6(3-7)4-17;/h1,5,7,17H,2-4H2,(H3,12,14,15,18);1H2/t7-;/m0./s1. The van der Waals surface area contributed by atoms with Gasteiger partial charge in [-0.05, 0) is 18.4 Å². The lowest BCUT2D eigenvalue weighted by molar-refractivity contribution is 0.325. The van der Waals surface area contributed by atoms with Crippen molar-refractivity contribution in [3.8, 4) is 0 Å². The number of nitrogens with one attached hydrogen (secondary N) is 1. The predicted octanol–water partition coefficient (Wildman–Crippen LogP) is -0.869. The van der Waals surface area contributed by atoms with E-state index in [9.17, 15) is 4.79 Å². The van der Waals surface area contributed by atoms with Gasteiger partial charge in [-0.15, -0.1) is 0 Å². The third-order valence-electron chi connectivity index (χ3n) is 3.22. The van der Waals surface area contributed by atoms with Crippen LogP contribution in [0.15, 0.2) is 22.8 Å². The van der Waals surface area contributed by atoms with Crippen molar-refractivity contribution >= 4 is 17.1 Å². The maximum absolute atomic E-state index is 11.6. The molecule has 0 radical (unpaired) electrons. The Bertz CT molecular complexity index is 687. The summed E-state index contributed by atoms with van der Waals surface area (Å²) in [6.07, 6.45) is 5.16. The summed E-state index contributed by atoms with van der Waals surface area (Å²) in [7, 11) is 0. The van der Waals surface area contributed by atoms with Crippen LogP contribution in [0, 0.1) is 0 Å². The lowest BCUT2D eigenvalue weighted by Gasteiger charge is -2.12. The molecule has 0 bridgehead atoms. The van der Waals surface area contributed by atoms with Crippen molar-refractivity contribution in [2.45, 2.75) is 18.9 Å². The Labute approximate surface area is 107 Å². The number of rotatable bonds is 2. The van der Waals surface area contributed by atoms with Gasteiger partial charge in [0.2, 0.25) is 5.95 Å². The molecular weight excluding hydrogens is 250 g/mol. The van der Waals surface area contributed by atoms with Gasteiger partial charge in [0, 0.05) is 6.04 Å². The Balaban J connectivity index is 0.00000133. The van der Waals surface area contributed by atoms with Gasteiger partial charge in [-0.25, -0.2) is 4.98 Å². The number of aromatic nitrogens is 4. The minimum Gasteiger partial charge on any atom is -0.412 e. The Kier molecular flexibility index (Phi) is 3.36. The van der Waals surface area contributed by atoms with E-state index in [2.05, 4.69) is 15.0 Å². The molecule has 6 N–H and O–H groups in total. The summed E-state index contributed by atoms with van der Waals surface area (Å²) in [5.74, 6) is 0.0857. The second-order valence-electron chi connectivity index (χ2n) is 4.39. The maximum Gasteiger partial charge on any atom is 0.280 e. The number of hydrogen-bond acceptors (Lipinski definition) is 5. The molecule has 3 rings (SSSR count). The Morgan fingerprint density at radius 1 is 1.58 bits per heavy atom. The number of allylic oxidation sites excluding steroid dienone is 1. The van der Waals surface area contributed by atoms with Gasteiger partial charge < -0.3 is 20.9 Å². The fourth-order valence-corrected chi connectivity index (χ4v) is 2.32. The predicted molar refractivity (Wildman–Crippen MR) is 69.6 cm³/mol. The van der Waals surface area contributed by atoms with Crippen LogP contribution in [0.5, 0.6) is 0 Å². The molecule has 8 nitrogen and oxygen atoms in total. The van der Waals surface area contributed by atoms with Gasteiger partial charge in [0.1, 0.15) is 0 Å². The van der Waals surface area contributed by atoms with Crippen LogP contribution >= 0.6 is 0 Å².